The zero-order chi connectivity index (χ0) is 22.5. The Labute approximate surface area is 212 Å². The monoisotopic (exact) mass is 632 g/mol. The van der Waals surface area contributed by atoms with Crippen molar-refractivity contribution in [3.8, 4) is 11.5 Å². The Hall–Kier alpha value is -1.49. The fourth-order valence-corrected chi connectivity index (χ4v) is 5.06. The first-order valence-electron chi connectivity index (χ1n) is 9.24. The lowest BCUT2D eigenvalue weighted by molar-refractivity contribution is -0.122. The van der Waals surface area contributed by atoms with Crippen LogP contribution in [0.1, 0.15) is 12.5 Å². The first-order chi connectivity index (χ1) is 14.9. The van der Waals surface area contributed by atoms with Gasteiger partial charge in [0.25, 0.3) is 5.91 Å². The van der Waals surface area contributed by atoms with Gasteiger partial charge in [0.05, 0.1) is 26.3 Å². The summed E-state index contributed by atoms with van der Waals surface area (Å²) in [6.45, 7) is 6.49. The van der Waals surface area contributed by atoms with E-state index in [2.05, 4.69) is 50.1 Å². The van der Waals surface area contributed by atoms with Gasteiger partial charge in [-0.25, -0.2) is 4.99 Å². The van der Waals surface area contributed by atoms with Crippen LogP contribution in [0.25, 0.3) is 6.08 Å². The van der Waals surface area contributed by atoms with Gasteiger partial charge in [-0.3, -0.25) is 9.69 Å². The van der Waals surface area contributed by atoms with Gasteiger partial charge < -0.3 is 9.47 Å². The molecule has 0 aliphatic carbocycles. The van der Waals surface area contributed by atoms with Gasteiger partial charge in [-0.15, -0.1) is 0 Å². The number of amides is 1. The van der Waals surface area contributed by atoms with Crippen LogP contribution in [0.2, 0.25) is 5.02 Å². The Morgan fingerprint density at radius 2 is 2.13 bits per heavy atom. The van der Waals surface area contributed by atoms with Crippen molar-refractivity contribution in [2.75, 3.05) is 20.3 Å². The number of methoxy groups -OCH3 is 1. The number of hydrogen-bond acceptors (Lipinski definition) is 5. The molecular formula is C22H19BrClIN2O3S. The molecule has 0 spiro atoms. The van der Waals surface area contributed by atoms with Crippen LogP contribution in [-0.2, 0) is 4.79 Å². The number of ether oxygens (including phenoxy) is 2. The molecule has 31 heavy (non-hydrogen) atoms. The molecule has 1 fully saturated rings. The number of nitrogens with zero attached hydrogens (tertiary/aromatic N) is 2. The molecule has 0 saturated carbocycles. The van der Waals surface area contributed by atoms with Crippen LogP contribution < -0.4 is 9.47 Å². The maximum Gasteiger partial charge on any atom is 0.266 e. The number of carbonyl (C=O) groups is 1. The summed E-state index contributed by atoms with van der Waals surface area (Å²) in [5.74, 6) is 1.16. The third kappa shape index (κ3) is 5.66. The molecule has 5 nitrogen and oxygen atoms in total. The zero-order valence-corrected chi connectivity index (χ0v) is 22.1. The van der Waals surface area contributed by atoms with E-state index in [9.17, 15) is 4.79 Å². The molecule has 1 heterocycles. The van der Waals surface area contributed by atoms with Crippen LogP contribution in [0.5, 0.6) is 11.5 Å². The lowest BCUT2D eigenvalue weighted by atomic mass is 10.2. The van der Waals surface area contributed by atoms with E-state index in [1.807, 2.05) is 37.3 Å². The third-order valence-corrected chi connectivity index (χ3v) is 7.27. The highest BCUT2D eigenvalue weighted by Crippen LogP contribution is 2.38. The zero-order valence-electron chi connectivity index (χ0n) is 16.8. The number of benzene rings is 2. The van der Waals surface area contributed by atoms with Crippen LogP contribution in [0.15, 0.2) is 57.4 Å². The molecule has 0 atom stereocenters. The molecular weight excluding hydrogens is 615 g/mol. The van der Waals surface area contributed by atoms with Crippen LogP contribution >= 0.6 is 61.9 Å². The van der Waals surface area contributed by atoms with Crippen LogP contribution in [0.3, 0.4) is 0 Å². The Morgan fingerprint density at radius 1 is 1.35 bits per heavy atom. The minimum atomic E-state index is -0.0876. The molecule has 1 saturated heterocycles. The minimum absolute atomic E-state index is 0.0876. The number of amidine groups is 1. The number of thioether (sulfide) groups is 1. The third-order valence-electron chi connectivity index (χ3n) is 4.23. The Morgan fingerprint density at radius 3 is 2.77 bits per heavy atom. The van der Waals surface area contributed by atoms with Gasteiger partial charge in [-0.2, -0.15) is 0 Å². The fourth-order valence-electron chi connectivity index (χ4n) is 2.79. The molecule has 2 aromatic rings. The highest BCUT2D eigenvalue weighted by atomic mass is 127. The van der Waals surface area contributed by atoms with Crippen molar-refractivity contribution in [3.05, 3.63) is 66.5 Å². The van der Waals surface area contributed by atoms with Crippen molar-refractivity contribution in [1.82, 2.24) is 4.90 Å². The number of rotatable bonds is 7. The average molecular weight is 634 g/mol. The first kappa shape index (κ1) is 24.2. The largest absolute Gasteiger partial charge is 0.493 e. The second-order valence-corrected chi connectivity index (χ2v) is 9.72. The van der Waals surface area contributed by atoms with E-state index in [1.54, 1.807) is 24.2 Å². The number of hydrogen-bond donors (Lipinski definition) is 0. The topological polar surface area (TPSA) is 51.1 Å². The van der Waals surface area contributed by atoms with E-state index in [-0.39, 0.29) is 5.91 Å². The van der Waals surface area contributed by atoms with Gasteiger partial charge >= 0.3 is 0 Å². The first-order valence-corrected chi connectivity index (χ1v) is 12.3. The predicted molar refractivity (Wildman–Crippen MR) is 141 cm³/mol. The maximum absolute atomic E-state index is 13.0. The molecule has 2 aromatic carbocycles. The number of halogens is 3. The number of aliphatic imine (C=N–C) groups is 1. The Balaban J connectivity index is 1.95. The number of carbonyl (C=O) groups excluding carboxylic acids is 1. The molecule has 3 rings (SSSR count). The summed E-state index contributed by atoms with van der Waals surface area (Å²) >= 11 is 13.1. The van der Waals surface area contributed by atoms with Crippen molar-refractivity contribution in [1.29, 1.82) is 0 Å². The van der Waals surface area contributed by atoms with Crippen molar-refractivity contribution < 1.29 is 14.3 Å². The van der Waals surface area contributed by atoms with Crippen LogP contribution in [0, 0.1) is 3.57 Å². The van der Waals surface area contributed by atoms with E-state index < -0.39 is 0 Å². The Bertz CT molecular complexity index is 1090. The molecule has 1 amide bonds. The van der Waals surface area contributed by atoms with E-state index in [0.717, 1.165) is 13.6 Å². The average Bonchev–Trinajstić information content (AvgIpc) is 3.03. The summed E-state index contributed by atoms with van der Waals surface area (Å²) in [6.07, 6.45) is 3.52. The van der Waals surface area contributed by atoms with E-state index in [4.69, 9.17) is 21.1 Å². The van der Waals surface area contributed by atoms with E-state index in [1.165, 1.54) is 11.8 Å². The maximum atomic E-state index is 13.0. The summed E-state index contributed by atoms with van der Waals surface area (Å²) in [6, 6.07) is 9.23. The summed E-state index contributed by atoms with van der Waals surface area (Å²) in [7, 11) is 1.59. The molecule has 0 N–H and O–H groups in total. The van der Waals surface area contributed by atoms with Crippen molar-refractivity contribution >= 4 is 84.7 Å². The van der Waals surface area contributed by atoms with Gasteiger partial charge in [-0.05, 0) is 99.2 Å². The molecule has 1 aliphatic heterocycles. The minimum Gasteiger partial charge on any atom is -0.493 e. The molecule has 0 aromatic heterocycles. The van der Waals surface area contributed by atoms with Gasteiger partial charge in [0.15, 0.2) is 16.7 Å². The van der Waals surface area contributed by atoms with E-state index >= 15 is 0 Å². The summed E-state index contributed by atoms with van der Waals surface area (Å²) < 4.78 is 12.9. The normalized spacial score (nSPS) is 16.3. The Kier molecular flexibility index (Phi) is 8.49. The highest BCUT2D eigenvalue weighted by Gasteiger charge is 2.32. The van der Waals surface area contributed by atoms with Crippen molar-refractivity contribution in [3.63, 3.8) is 0 Å². The quantitative estimate of drug-likeness (QED) is 0.189. The molecule has 1 aliphatic rings. The van der Waals surface area contributed by atoms with Gasteiger partial charge in [0.2, 0.25) is 0 Å². The summed E-state index contributed by atoms with van der Waals surface area (Å²) in [5, 5.41) is 1.18. The summed E-state index contributed by atoms with van der Waals surface area (Å²) in [5.41, 5.74) is 1.52. The van der Waals surface area contributed by atoms with Crippen molar-refractivity contribution in [2.45, 2.75) is 6.92 Å². The number of likely N-dealkylation sites (N-methyl/N-ethyl adjacent to an activating group) is 1. The van der Waals surface area contributed by atoms with E-state index in [0.29, 0.717) is 45.4 Å². The second kappa shape index (κ2) is 10.9. The standard InChI is InChI=1S/C22H19BrClIN2O3S/c1-4-8-30-20-17(25)9-13(10-18(20)29-3)11-19-21(28)27(5-2)22(31-19)26-14-6-7-15(23)16(24)12-14/h4,6-7,9-12H,1,5,8H2,2-3H3/b19-11+,26-22?. The predicted octanol–water partition coefficient (Wildman–Crippen LogP) is 6.90. The van der Waals surface area contributed by atoms with Crippen LogP contribution in [0.4, 0.5) is 5.69 Å². The lowest BCUT2D eigenvalue weighted by Gasteiger charge is -2.13. The molecule has 162 valence electrons. The second-order valence-electron chi connectivity index (χ2n) is 6.29. The fraction of sp³-hybridized carbons (Fsp3) is 0.182. The highest BCUT2D eigenvalue weighted by molar-refractivity contribution is 14.1. The van der Waals surface area contributed by atoms with Gasteiger partial charge in [0.1, 0.15) is 6.61 Å². The molecule has 0 bridgehead atoms. The SMILES string of the molecule is C=CCOc1c(I)cc(/C=C2/SC(=Nc3ccc(Br)c(Cl)c3)N(CC)C2=O)cc1OC. The van der Waals surface area contributed by atoms with Gasteiger partial charge in [-0.1, -0.05) is 24.3 Å². The smallest absolute Gasteiger partial charge is 0.266 e. The van der Waals surface area contributed by atoms with Crippen molar-refractivity contribution in [2.24, 2.45) is 4.99 Å². The van der Waals surface area contributed by atoms with Crippen LogP contribution in [-0.4, -0.2) is 36.2 Å². The van der Waals surface area contributed by atoms with Gasteiger partial charge in [0, 0.05) is 11.0 Å². The molecule has 0 unspecified atom stereocenters. The molecule has 0 radical (unpaired) electrons. The summed E-state index contributed by atoms with van der Waals surface area (Å²) in [4.78, 5) is 19.8. The lowest BCUT2D eigenvalue weighted by Crippen LogP contribution is -2.28. The molecule has 9 heteroatoms.